The number of hydrogen-bond donors (Lipinski definition) is 1. The van der Waals surface area contributed by atoms with Crippen LogP contribution in [0.5, 0.6) is 5.88 Å². The highest BCUT2D eigenvalue weighted by molar-refractivity contribution is 5.16. The zero-order valence-corrected chi connectivity index (χ0v) is 9.87. The van der Waals surface area contributed by atoms with Gasteiger partial charge in [-0.1, -0.05) is 6.92 Å². The molecule has 0 saturated carbocycles. The molecule has 15 heavy (non-hydrogen) atoms. The highest BCUT2D eigenvalue weighted by Crippen LogP contribution is 2.11. The van der Waals surface area contributed by atoms with Crippen molar-refractivity contribution in [3.8, 4) is 5.88 Å². The Hall–Kier alpha value is -1.16. The molecule has 4 heteroatoms. The number of nitrogens with zero attached hydrogens (tertiary/aromatic N) is 2. The topological polar surface area (TPSA) is 61.0 Å². The number of nitrogens with two attached hydrogens (primary N) is 1. The van der Waals surface area contributed by atoms with Crippen molar-refractivity contribution in [2.45, 2.75) is 39.7 Å². The fourth-order valence-corrected chi connectivity index (χ4v) is 1.11. The largest absolute Gasteiger partial charge is 0.476 e. The van der Waals surface area contributed by atoms with E-state index in [2.05, 4.69) is 16.9 Å². The summed E-state index contributed by atoms with van der Waals surface area (Å²) in [5.74, 6) is 1.34. The van der Waals surface area contributed by atoms with Crippen LogP contribution in [-0.2, 0) is 6.42 Å². The van der Waals surface area contributed by atoms with Crippen LogP contribution >= 0.6 is 0 Å². The fourth-order valence-electron chi connectivity index (χ4n) is 1.11. The Morgan fingerprint density at radius 1 is 1.40 bits per heavy atom. The van der Waals surface area contributed by atoms with Gasteiger partial charge in [0.2, 0.25) is 5.88 Å². The maximum absolute atomic E-state index is 5.82. The van der Waals surface area contributed by atoms with Crippen molar-refractivity contribution in [3.05, 3.63) is 17.6 Å². The second kappa shape index (κ2) is 4.57. The molecular weight excluding hydrogens is 190 g/mol. The monoisotopic (exact) mass is 209 g/mol. The molecule has 0 saturated heterocycles. The van der Waals surface area contributed by atoms with Gasteiger partial charge in [0.05, 0.1) is 0 Å². The third-order valence-corrected chi connectivity index (χ3v) is 1.82. The first-order valence-electron chi connectivity index (χ1n) is 5.17. The lowest BCUT2D eigenvalue weighted by atomic mass is 10.1. The number of hydrogen-bond acceptors (Lipinski definition) is 4. The van der Waals surface area contributed by atoms with Crippen molar-refractivity contribution in [1.82, 2.24) is 9.97 Å². The van der Waals surface area contributed by atoms with Gasteiger partial charge in [-0.25, -0.2) is 4.98 Å². The van der Waals surface area contributed by atoms with E-state index in [0.717, 1.165) is 17.9 Å². The average molecular weight is 209 g/mol. The van der Waals surface area contributed by atoms with Crippen LogP contribution in [0, 0.1) is 6.92 Å². The number of aryl methyl sites for hydroxylation is 2. The van der Waals surface area contributed by atoms with Gasteiger partial charge in [-0.2, -0.15) is 4.98 Å². The summed E-state index contributed by atoms with van der Waals surface area (Å²) in [5, 5.41) is 0. The summed E-state index contributed by atoms with van der Waals surface area (Å²) in [6.07, 6.45) is 0.881. The van der Waals surface area contributed by atoms with E-state index in [9.17, 15) is 0 Å². The van der Waals surface area contributed by atoms with Crippen LogP contribution in [0.1, 0.15) is 32.3 Å². The molecule has 0 aliphatic carbocycles. The van der Waals surface area contributed by atoms with E-state index in [1.165, 1.54) is 0 Å². The minimum atomic E-state index is -0.342. The van der Waals surface area contributed by atoms with Crippen molar-refractivity contribution in [3.63, 3.8) is 0 Å². The van der Waals surface area contributed by atoms with E-state index in [0.29, 0.717) is 12.5 Å². The van der Waals surface area contributed by atoms with Gasteiger partial charge in [-0.15, -0.1) is 0 Å². The predicted molar refractivity (Wildman–Crippen MR) is 59.9 cm³/mol. The van der Waals surface area contributed by atoms with Gasteiger partial charge in [0.15, 0.2) is 0 Å². The molecule has 1 heterocycles. The van der Waals surface area contributed by atoms with Gasteiger partial charge >= 0.3 is 0 Å². The first kappa shape index (κ1) is 11.9. The molecule has 84 valence electrons. The molecule has 4 nitrogen and oxygen atoms in total. The normalized spacial score (nSPS) is 11.5. The zero-order chi connectivity index (χ0) is 11.5. The van der Waals surface area contributed by atoms with Crippen LogP contribution in [0.15, 0.2) is 6.07 Å². The number of rotatable bonds is 4. The Kier molecular flexibility index (Phi) is 3.63. The molecule has 0 radical (unpaired) electrons. The van der Waals surface area contributed by atoms with Crippen LogP contribution in [0.3, 0.4) is 0 Å². The molecule has 0 bridgehead atoms. The first-order valence-corrected chi connectivity index (χ1v) is 5.17. The van der Waals surface area contributed by atoms with Gasteiger partial charge in [-0.3, -0.25) is 0 Å². The van der Waals surface area contributed by atoms with E-state index < -0.39 is 0 Å². The third-order valence-electron chi connectivity index (χ3n) is 1.82. The van der Waals surface area contributed by atoms with Crippen molar-refractivity contribution >= 4 is 0 Å². The summed E-state index contributed by atoms with van der Waals surface area (Å²) >= 11 is 0. The minimum absolute atomic E-state index is 0.342. The maximum atomic E-state index is 5.82. The van der Waals surface area contributed by atoms with Gasteiger partial charge in [0.1, 0.15) is 12.4 Å². The molecule has 0 fully saturated rings. The first-order chi connectivity index (χ1) is 6.90. The summed E-state index contributed by atoms with van der Waals surface area (Å²) in [7, 11) is 0. The SMILES string of the molecule is CCc1cc(OCC(C)(C)N)nc(C)n1. The lowest BCUT2D eigenvalue weighted by Crippen LogP contribution is -2.38. The molecule has 0 atom stereocenters. The molecule has 0 unspecified atom stereocenters. The number of ether oxygens (including phenoxy) is 1. The van der Waals surface area contributed by atoms with E-state index in [4.69, 9.17) is 10.5 Å². The molecular formula is C11H19N3O. The molecule has 2 N–H and O–H groups in total. The summed E-state index contributed by atoms with van der Waals surface area (Å²) < 4.78 is 5.52. The highest BCUT2D eigenvalue weighted by atomic mass is 16.5. The fraction of sp³-hybridized carbons (Fsp3) is 0.636. The third kappa shape index (κ3) is 4.25. The van der Waals surface area contributed by atoms with E-state index in [-0.39, 0.29) is 5.54 Å². The van der Waals surface area contributed by atoms with Gasteiger partial charge < -0.3 is 10.5 Å². The molecule has 0 spiro atoms. The molecule has 0 amide bonds. The standard InChI is InChI=1S/C11H19N3O/c1-5-9-6-10(14-8(2)13-9)15-7-11(3,4)12/h6H,5,7,12H2,1-4H3. The number of aromatic nitrogens is 2. The Labute approximate surface area is 90.9 Å². The summed E-state index contributed by atoms with van der Waals surface area (Å²) in [4.78, 5) is 8.47. The zero-order valence-electron chi connectivity index (χ0n) is 9.87. The lowest BCUT2D eigenvalue weighted by Gasteiger charge is -2.18. The molecule has 0 aromatic carbocycles. The van der Waals surface area contributed by atoms with Crippen LogP contribution in [-0.4, -0.2) is 22.1 Å². The molecule has 1 aromatic rings. The minimum Gasteiger partial charge on any atom is -0.476 e. The lowest BCUT2D eigenvalue weighted by molar-refractivity contribution is 0.234. The Morgan fingerprint density at radius 3 is 2.60 bits per heavy atom. The van der Waals surface area contributed by atoms with Crippen LogP contribution < -0.4 is 10.5 Å². The second-order valence-electron chi connectivity index (χ2n) is 4.38. The van der Waals surface area contributed by atoms with Crippen LogP contribution in [0.25, 0.3) is 0 Å². The quantitative estimate of drug-likeness (QED) is 0.815. The molecule has 0 aliphatic heterocycles. The van der Waals surface area contributed by atoms with E-state index in [1.807, 2.05) is 26.8 Å². The van der Waals surface area contributed by atoms with Crippen LogP contribution in [0.2, 0.25) is 0 Å². The summed E-state index contributed by atoms with van der Waals surface area (Å²) in [6, 6.07) is 1.86. The van der Waals surface area contributed by atoms with E-state index in [1.54, 1.807) is 0 Å². The molecule has 1 aromatic heterocycles. The van der Waals surface area contributed by atoms with Gasteiger partial charge in [-0.05, 0) is 27.2 Å². The van der Waals surface area contributed by atoms with Crippen LogP contribution in [0.4, 0.5) is 0 Å². The van der Waals surface area contributed by atoms with E-state index >= 15 is 0 Å². The summed E-state index contributed by atoms with van der Waals surface area (Å²) in [5.41, 5.74) is 6.47. The Bertz CT molecular complexity index is 331. The average Bonchev–Trinajstić information content (AvgIpc) is 2.13. The van der Waals surface area contributed by atoms with Gasteiger partial charge in [0, 0.05) is 17.3 Å². The smallest absolute Gasteiger partial charge is 0.216 e. The van der Waals surface area contributed by atoms with Gasteiger partial charge in [0.25, 0.3) is 0 Å². The predicted octanol–water partition coefficient (Wildman–Crippen LogP) is 1.46. The van der Waals surface area contributed by atoms with Crippen molar-refractivity contribution < 1.29 is 4.74 Å². The summed E-state index contributed by atoms with van der Waals surface area (Å²) in [6.45, 7) is 8.20. The van der Waals surface area contributed by atoms with Crippen molar-refractivity contribution in [1.29, 1.82) is 0 Å². The molecule has 0 aliphatic rings. The molecule has 1 rings (SSSR count). The van der Waals surface area contributed by atoms with Crippen molar-refractivity contribution in [2.24, 2.45) is 5.73 Å². The Morgan fingerprint density at radius 2 is 2.07 bits per heavy atom. The van der Waals surface area contributed by atoms with Crippen molar-refractivity contribution in [2.75, 3.05) is 6.61 Å². The maximum Gasteiger partial charge on any atom is 0.216 e. The second-order valence-corrected chi connectivity index (χ2v) is 4.38. The highest BCUT2D eigenvalue weighted by Gasteiger charge is 2.12. The Balaban J connectivity index is 2.73.